The zero-order chi connectivity index (χ0) is 16.1. The Labute approximate surface area is 132 Å². The fourth-order valence-corrected chi connectivity index (χ4v) is 2.10. The van der Waals surface area contributed by atoms with Crippen LogP contribution in [-0.2, 0) is 0 Å². The molecule has 0 unspecified atom stereocenters. The fourth-order valence-electron chi connectivity index (χ4n) is 2.10. The van der Waals surface area contributed by atoms with Gasteiger partial charge in [0, 0.05) is 29.4 Å². The fraction of sp³-hybridized carbons (Fsp3) is 0. The van der Waals surface area contributed by atoms with E-state index in [1.165, 1.54) is 6.20 Å². The molecule has 0 saturated carbocycles. The van der Waals surface area contributed by atoms with Crippen molar-refractivity contribution in [2.75, 3.05) is 0 Å². The molecule has 0 aliphatic heterocycles. The van der Waals surface area contributed by atoms with Gasteiger partial charge in [0.05, 0.1) is 11.1 Å². The summed E-state index contributed by atoms with van der Waals surface area (Å²) in [6.45, 7) is 0. The summed E-state index contributed by atoms with van der Waals surface area (Å²) < 4.78 is 0. The van der Waals surface area contributed by atoms with E-state index < -0.39 is 5.97 Å². The second-order valence-electron chi connectivity index (χ2n) is 4.78. The Hall–Kier alpha value is -3.34. The normalized spacial score (nSPS) is 10.1. The third kappa shape index (κ3) is 3.47. The van der Waals surface area contributed by atoms with Crippen molar-refractivity contribution in [3.8, 4) is 0 Å². The summed E-state index contributed by atoms with van der Waals surface area (Å²) in [5, 5.41) is 10.6. The molecule has 0 atom stereocenters. The second-order valence-corrected chi connectivity index (χ2v) is 4.78. The number of aromatic carboxylic acids is 1. The lowest BCUT2D eigenvalue weighted by Crippen LogP contribution is -1.96. The number of nitrogens with zero attached hydrogens (tertiary/aromatic N) is 3. The van der Waals surface area contributed by atoms with Crippen molar-refractivity contribution in [3.05, 3.63) is 78.8 Å². The van der Waals surface area contributed by atoms with Gasteiger partial charge in [-0.15, -0.1) is 0 Å². The van der Waals surface area contributed by atoms with Crippen LogP contribution in [0.3, 0.4) is 0 Å². The molecule has 4 aromatic rings. The first-order valence-corrected chi connectivity index (χ1v) is 6.98. The zero-order valence-corrected chi connectivity index (χ0v) is 12.1. The summed E-state index contributed by atoms with van der Waals surface area (Å²) in [6, 6.07) is 16.8. The zero-order valence-electron chi connectivity index (χ0n) is 12.1. The van der Waals surface area contributed by atoms with Gasteiger partial charge in [0.1, 0.15) is 0 Å². The number of carboxylic acid groups (broad SMARTS) is 1. The highest BCUT2D eigenvalue weighted by Gasteiger charge is 2.03. The van der Waals surface area contributed by atoms with Gasteiger partial charge in [0.2, 0.25) is 0 Å². The van der Waals surface area contributed by atoms with Crippen LogP contribution >= 0.6 is 0 Å². The van der Waals surface area contributed by atoms with Gasteiger partial charge >= 0.3 is 5.97 Å². The summed E-state index contributed by atoms with van der Waals surface area (Å²) in [4.78, 5) is 22.8. The first-order valence-electron chi connectivity index (χ1n) is 6.98. The highest BCUT2D eigenvalue weighted by Crippen LogP contribution is 2.12. The van der Waals surface area contributed by atoms with Gasteiger partial charge in [0.15, 0.2) is 5.65 Å². The summed E-state index contributed by atoms with van der Waals surface area (Å²) in [5.41, 5.74) is 1.84. The van der Waals surface area contributed by atoms with E-state index in [2.05, 4.69) is 15.0 Å². The van der Waals surface area contributed by atoms with E-state index >= 15 is 0 Å². The molecule has 5 nitrogen and oxygen atoms in total. The molecule has 0 spiro atoms. The molecule has 5 heteroatoms. The van der Waals surface area contributed by atoms with Crippen LogP contribution in [0.15, 0.2) is 73.2 Å². The van der Waals surface area contributed by atoms with Crippen LogP contribution in [0.1, 0.15) is 10.4 Å². The average Bonchev–Trinajstić information content (AvgIpc) is 2.62. The Bertz CT molecular complexity index is 905. The van der Waals surface area contributed by atoms with Crippen molar-refractivity contribution >= 4 is 27.9 Å². The van der Waals surface area contributed by atoms with E-state index in [0.717, 1.165) is 21.9 Å². The van der Waals surface area contributed by atoms with Crippen molar-refractivity contribution in [2.24, 2.45) is 0 Å². The predicted molar refractivity (Wildman–Crippen MR) is 88.2 cm³/mol. The van der Waals surface area contributed by atoms with Crippen molar-refractivity contribution in [1.29, 1.82) is 0 Å². The minimum absolute atomic E-state index is 0.221. The van der Waals surface area contributed by atoms with E-state index in [1.54, 1.807) is 18.5 Å². The minimum atomic E-state index is -0.946. The number of aromatic nitrogens is 3. The minimum Gasteiger partial charge on any atom is -0.478 e. The van der Waals surface area contributed by atoms with Crippen LogP contribution in [-0.4, -0.2) is 26.0 Å². The van der Waals surface area contributed by atoms with E-state index in [0.29, 0.717) is 0 Å². The molecule has 3 heterocycles. The summed E-state index contributed by atoms with van der Waals surface area (Å²) in [7, 11) is 0. The van der Waals surface area contributed by atoms with Crippen molar-refractivity contribution in [2.45, 2.75) is 0 Å². The quantitative estimate of drug-likeness (QED) is 0.582. The van der Waals surface area contributed by atoms with Crippen LogP contribution in [0.4, 0.5) is 0 Å². The second kappa shape index (κ2) is 6.62. The molecule has 0 aliphatic carbocycles. The standard InChI is InChI=1S/C10H7NO2.C8H6N2/c12-10(13)8-5-7-3-1-2-4-9(7)11-6-8;1-3-7-4-2-6-10-8(7)9-5-1/h1-6H,(H,12,13);1-6H. The number of rotatable bonds is 1. The van der Waals surface area contributed by atoms with Gasteiger partial charge in [0.25, 0.3) is 0 Å². The molecular formula is C18H13N3O2. The van der Waals surface area contributed by atoms with Crippen LogP contribution in [0.5, 0.6) is 0 Å². The third-order valence-electron chi connectivity index (χ3n) is 3.21. The number of hydrogen-bond acceptors (Lipinski definition) is 4. The highest BCUT2D eigenvalue weighted by atomic mass is 16.4. The van der Waals surface area contributed by atoms with Gasteiger partial charge in [-0.05, 0) is 36.4 Å². The van der Waals surface area contributed by atoms with Crippen LogP contribution in [0.25, 0.3) is 21.9 Å². The maximum atomic E-state index is 10.6. The Morgan fingerprint density at radius 1 is 0.826 bits per heavy atom. The molecule has 23 heavy (non-hydrogen) atoms. The van der Waals surface area contributed by atoms with Crippen molar-refractivity contribution < 1.29 is 9.90 Å². The predicted octanol–water partition coefficient (Wildman–Crippen LogP) is 3.56. The number of benzene rings is 1. The summed E-state index contributed by atoms with van der Waals surface area (Å²) in [5.74, 6) is -0.946. The number of carbonyl (C=O) groups is 1. The largest absolute Gasteiger partial charge is 0.478 e. The molecule has 0 amide bonds. The molecule has 0 saturated heterocycles. The Balaban J connectivity index is 0.000000140. The molecule has 0 fully saturated rings. The molecule has 0 bridgehead atoms. The first-order chi connectivity index (χ1) is 11.2. The van der Waals surface area contributed by atoms with Crippen LogP contribution in [0.2, 0.25) is 0 Å². The molecule has 1 aromatic carbocycles. The smallest absolute Gasteiger partial charge is 0.337 e. The Kier molecular flexibility index (Phi) is 4.20. The van der Waals surface area contributed by atoms with Crippen molar-refractivity contribution in [3.63, 3.8) is 0 Å². The van der Waals surface area contributed by atoms with Gasteiger partial charge < -0.3 is 5.11 Å². The number of para-hydroxylation sites is 1. The maximum Gasteiger partial charge on any atom is 0.337 e. The van der Waals surface area contributed by atoms with E-state index in [1.807, 2.05) is 48.5 Å². The lowest BCUT2D eigenvalue weighted by molar-refractivity contribution is 0.0696. The molecule has 0 aliphatic rings. The first kappa shape index (κ1) is 14.6. The molecule has 1 N–H and O–H groups in total. The topological polar surface area (TPSA) is 76.0 Å². The lowest BCUT2D eigenvalue weighted by Gasteiger charge is -1.97. The summed E-state index contributed by atoms with van der Waals surface area (Å²) in [6.07, 6.45) is 4.86. The average molecular weight is 303 g/mol. The molecule has 3 aromatic heterocycles. The Morgan fingerprint density at radius 3 is 2.13 bits per heavy atom. The number of fused-ring (bicyclic) bond motifs is 2. The monoisotopic (exact) mass is 303 g/mol. The molecule has 0 radical (unpaired) electrons. The number of pyridine rings is 3. The maximum absolute atomic E-state index is 10.6. The van der Waals surface area contributed by atoms with Gasteiger partial charge in [-0.25, -0.2) is 14.8 Å². The van der Waals surface area contributed by atoms with Crippen LogP contribution < -0.4 is 0 Å². The molecule has 4 rings (SSSR count). The van der Waals surface area contributed by atoms with E-state index in [-0.39, 0.29) is 5.56 Å². The lowest BCUT2D eigenvalue weighted by atomic mass is 10.2. The van der Waals surface area contributed by atoms with Gasteiger partial charge in [-0.2, -0.15) is 0 Å². The van der Waals surface area contributed by atoms with Gasteiger partial charge in [-0.1, -0.05) is 18.2 Å². The van der Waals surface area contributed by atoms with Crippen molar-refractivity contribution in [1.82, 2.24) is 15.0 Å². The SMILES string of the molecule is O=C(O)c1cnc2ccccc2c1.c1cnc2ncccc2c1. The van der Waals surface area contributed by atoms with E-state index in [4.69, 9.17) is 5.11 Å². The Morgan fingerprint density at radius 2 is 1.48 bits per heavy atom. The van der Waals surface area contributed by atoms with E-state index in [9.17, 15) is 4.79 Å². The third-order valence-corrected chi connectivity index (χ3v) is 3.21. The van der Waals surface area contributed by atoms with Crippen LogP contribution in [0, 0.1) is 0 Å². The number of carboxylic acids is 1. The summed E-state index contributed by atoms with van der Waals surface area (Å²) >= 11 is 0. The molecule has 112 valence electrons. The molecular weight excluding hydrogens is 290 g/mol. The van der Waals surface area contributed by atoms with Gasteiger partial charge in [-0.3, -0.25) is 4.98 Å². The highest BCUT2D eigenvalue weighted by molar-refractivity contribution is 5.92. The number of hydrogen-bond donors (Lipinski definition) is 1.